The highest BCUT2D eigenvalue weighted by molar-refractivity contribution is 7.92. The Morgan fingerprint density at radius 2 is 1.67 bits per heavy atom. The Balaban J connectivity index is 2.00. The van der Waals surface area contributed by atoms with Gasteiger partial charge >= 0.3 is 5.97 Å². The van der Waals surface area contributed by atoms with Crippen molar-refractivity contribution in [3.63, 3.8) is 0 Å². The van der Waals surface area contributed by atoms with E-state index in [2.05, 4.69) is 10.0 Å². The summed E-state index contributed by atoms with van der Waals surface area (Å²) < 4.78 is 27.0. The minimum atomic E-state index is -3.70. The third-order valence-corrected chi connectivity index (χ3v) is 5.35. The van der Waals surface area contributed by atoms with Gasteiger partial charge in [-0.05, 0) is 42.8 Å². The maximum atomic E-state index is 12.3. The molecule has 8 heteroatoms. The smallest absolute Gasteiger partial charge is 0.308 e. The molecular weight excluding hydrogens is 368 g/mol. The fraction of sp³-hybridized carbons (Fsp3) is 0.263. The fourth-order valence-electron chi connectivity index (χ4n) is 2.48. The molecule has 3 N–H and O–H groups in total. The first kappa shape index (κ1) is 20.4. The van der Waals surface area contributed by atoms with Crippen molar-refractivity contribution in [1.29, 1.82) is 0 Å². The lowest BCUT2D eigenvalue weighted by Gasteiger charge is -2.13. The second-order valence-electron chi connectivity index (χ2n) is 6.03. The van der Waals surface area contributed by atoms with Crippen LogP contribution in [-0.4, -0.2) is 31.9 Å². The molecule has 1 atom stereocenters. The van der Waals surface area contributed by atoms with Crippen LogP contribution < -0.4 is 10.0 Å². The van der Waals surface area contributed by atoms with E-state index in [0.29, 0.717) is 24.1 Å². The molecule has 0 fully saturated rings. The van der Waals surface area contributed by atoms with Crippen LogP contribution in [0.15, 0.2) is 59.5 Å². The van der Waals surface area contributed by atoms with Gasteiger partial charge in [0.15, 0.2) is 0 Å². The Morgan fingerprint density at radius 1 is 1.04 bits per heavy atom. The second kappa shape index (κ2) is 9.18. The molecule has 144 valence electrons. The number of hydrogen-bond donors (Lipinski definition) is 3. The van der Waals surface area contributed by atoms with Gasteiger partial charge in [0.1, 0.15) is 0 Å². The van der Waals surface area contributed by atoms with Gasteiger partial charge in [-0.15, -0.1) is 0 Å². The van der Waals surface area contributed by atoms with Crippen molar-refractivity contribution in [2.24, 2.45) is 5.92 Å². The predicted molar refractivity (Wildman–Crippen MR) is 102 cm³/mol. The van der Waals surface area contributed by atoms with Gasteiger partial charge in [0, 0.05) is 17.8 Å². The molecule has 0 saturated heterocycles. The Labute approximate surface area is 158 Å². The number of anilines is 1. The van der Waals surface area contributed by atoms with Crippen molar-refractivity contribution in [2.75, 3.05) is 11.3 Å². The molecule has 0 aromatic heterocycles. The van der Waals surface area contributed by atoms with E-state index in [1.54, 1.807) is 18.2 Å². The first-order valence-corrected chi connectivity index (χ1v) is 10.0. The number of carboxylic acid groups (broad SMARTS) is 1. The maximum Gasteiger partial charge on any atom is 0.308 e. The van der Waals surface area contributed by atoms with Crippen LogP contribution in [0.4, 0.5) is 5.69 Å². The summed E-state index contributed by atoms with van der Waals surface area (Å²) in [5.74, 6) is -1.98. The number of sulfonamides is 1. The molecule has 0 saturated carbocycles. The highest BCUT2D eigenvalue weighted by Crippen LogP contribution is 2.16. The van der Waals surface area contributed by atoms with Crippen LogP contribution in [0.1, 0.15) is 30.1 Å². The Morgan fingerprint density at radius 3 is 2.22 bits per heavy atom. The highest BCUT2D eigenvalue weighted by Gasteiger charge is 2.18. The van der Waals surface area contributed by atoms with Gasteiger partial charge in [-0.1, -0.05) is 31.5 Å². The number of carboxylic acids is 1. The molecule has 0 aliphatic heterocycles. The minimum Gasteiger partial charge on any atom is -0.481 e. The number of carbonyl (C=O) groups is 2. The summed E-state index contributed by atoms with van der Waals surface area (Å²) in [5.41, 5.74) is 0.642. The van der Waals surface area contributed by atoms with E-state index in [0.717, 1.165) is 0 Å². The van der Waals surface area contributed by atoms with Crippen molar-refractivity contribution in [3.8, 4) is 0 Å². The van der Waals surface area contributed by atoms with E-state index in [9.17, 15) is 18.0 Å². The number of carbonyl (C=O) groups excluding carboxylic acids is 1. The lowest BCUT2D eigenvalue weighted by atomic mass is 10.0. The summed E-state index contributed by atoms with van der Waals surface area (Å²) in [6.45, 7) is 1.93. The number of aliphatic carboxylic acids is 1. The molecule has 0 bridgehead atoms. The lowest BCUT2D eigenvalue weighted by Crippen LogP contribution is -2.32. The van der Waals surface area contributed by atoms with Crippen LogP contribution in [0, 0.1) is 5.92 Å². The summed E-state index contributed by atoms with van der Waals surface area (Å²) >= 11 is 0. The van der Waals surface area contributed by atoms with Crippen LogP contribution in [0.2, 0.25) is 0 Å². The van der Waals surface area contributed by atoms with Crippen LogP contribution >= 0.6 is 0 Å². The fourth-order valence-corrected chi connectivity index (χ4v) is 3.56. The molecule has 0 radical (unpaired) electrons. The van der Waals surface area contributed by atoms with Gasteiger partial charge in [0.25, 0.3) is 15.9 Å². The van der Waals surface area contributed by atoms with E-state index in [1.165, 1.54) is 36.4 Å². The van der Waals surface area contributed by atoms with Crippen LogP contribution in [0.25, 0.3) is 0 Å². The number of benzene rings is 2. The number of rotatable bonds is 9. The largest absolute Gasteiger partial charge is 0.481 e. The second-order valence-corrected chi connectivity index (χ2v) is 7.71. The molecule has 1 unspecified atom stereocenters. The summed E-state index contributed by atoms with van der Waals surface area (Å²) in [6, 6.07) is 13.9. The Bertz CT molecular complexity index is 880. The maximum absolute atomic E-state index is 12.3. The monoisotopic (exact) mass is 390 g/mol. The van der Waals surface area contributed by atoms with Crippen LogP contribution in [0.5, 0.6) is 0 Å². The summed E-state index contributed by atoms with van der Waals surface area (Å²) in [4.78, 5) is 23.4. The molecule has 2 rings (SSSR count). The highest BCUT2D eigenvalue weighted by atomic mass is 32.2. The van der Waals surface area contributed by atoms with Gasteiger partial charge in [-0.3, -0.25) is 14.3 Å². The van der Waals surface area contributed by atoms with E-state index < -0.39 is 27.8 Å². The molecular formula is C19H22N2O5S. The zero-order valence-corrected chi connectivity index (χ0v) is 15.7. The molecule has 0 aliphatic carbocycles. The van der Waals surface area contributed by atoms with Gasteiger partial charge in [0.05, 0.1) is 10.8 Å². The predicted octanol–water partition coefficient (Wildman–Crippen LogP) is 2.72. The van der Waals surface area contributed by atoms with Crippen molar-refractivity contribution in [1.82, 2.24) is 5.32 Å². The summed E-state index contributed by atoms with van der Waals surface area (Å²) in [5, 5.41) is 11.7. The zero-order chi connectivity index (χ0) is 19.9. The molecule has 2 aromatic rings. The Kier molecular flexibility index (Phi) is 6.95. The van der Waals surface area contributed by atoms with E-state index in [-0.39, 0.29) is 11.4 Å². The summed E-state index contributed by atoms with van der Waals surface area (Å²) in [6.07, 6.45) is 1.19. The standard InChI is InChI=1S/C19H22N2O5S/c1-2-6-15(19(23)24)13-20-18(22)14-9-11-16(12-10-14)21-27(25,26)17-7-4-3-5-8-17/h3-5,7-12,15,21H,2,6,13H2,1H3,(H,20,22)(H,23,24). The van der Waals surface area contributed by atoms with Crippen LogP contribution in [0.3, 0.4) is 0 Å². The van der Waals surface area contributed by atoms with Gasteiger partial charge in [-0.25, -0.2) is 8.42 Å². The van der Waals surface area contributed by atoms with Crippen molar-refractivity contribution >= 4 is 27.6 Å². The SMILES string of the molecule is CCCC(CNC(=O)c1ccc(NS(=O)(=O)c2ccccc2)cc1)C(=O)O. The van der Waals surface area contributed by atoms with Gasteiger partial charge in [0.2, 0.25) is 0 Å². The van der Waals surface area contributed by atoms with E-state index in [4.69, 9.17) is 5.11 Å². The number of nitrogens with one attached hydrogen (secondary N) is 2. The molecule has 0 spiro atoms. The molecule has 27 heavy (non-hydrogen) atoms. The zero-order valence-electron chi connectivity index (χ0n) is 14.9. The van der Waals surface area contributed by atoms with E-state index >= 15 is 0 Å². The summed E-state index contributed by atoms with van der Waals surface area (Å²) in [7, 11) is -3.70. The van der Waals surface area contributed by atoms with Crippen molar-refractivity contribution in [3.05, 3.63) is 60.2 Å². The molecule has 2 aromatic carbocycles. The average molecular weight is 390 g/mol. The van der Waals surface area contributed by atoms with Gasteiger partial charge < -0.3 is 10.4 Å². The van der Waals surface area contributed by atoms with Crippen molar-refractivity contribution in [2.45, 2.75) is 24.7 Å². The first-order valence-electron chi connectivity index (χ1n) is 8.52. The topological polar surface area (TPSA) is 113 Å². The third kappa shape index (κ3) is 5.82. The average Bonchev–Trinajstić information content (AvgIpc) is 2.65. The lowest BCUT2D eigenvalue weighted by molar-refractivity contribution is -0.141. The third-order valence-electron chi connectivity index (χ3n) is 3.95. The number of amides is 1. The Hall–Kier alpha value is -2.87. The molecule has 0 heterocycles. The number of hydrogen-bond acceptors (Lipinski definition) is 4. The normalized spacial score (nSPS) is 12.2. The quantitative estimate of drug-likeness (QED) is 0.609. The van der Waals surface area contributed by atoms with Crippen molar-refractivity contribution < 1.29 is 23.1 Å². The first-order chi connectivity index (χ1) is 12.8. The van der Waals surface area contributed by atoms with Gasteiger partial charge in [-0.2, -0.15) is 0 Å². The minimum absolute atomic E-state index is 0.0460. The van der Waals surface area contributed by atoms with E-state index in [1.807, 2.05) is 6.92 Å². The molecule has 7 nitrogen and oxygen atoms in total. The van der Waals surface area contributed by atoms with Crippen LogP contribution in [-0.2, 0) is 14.8 Å². The molecule has 1 amide bonds. The molecule has 0 aliphatic rings.